The van der Waals surface area contributed by atoms with Crippen molar-refractivity contribution in [2.75, 3.05) is 0 Å². The molecule has 12 aromatic rings. The Kier molecular flexibility index (Phi) is 7.40. The van der Waals surface area contributed by atoms with E-state index in [1.165, 1.54) is 52.8 Å². The second kappa shape index (κ2) is 13.1. The van der Waals surface area contributed by atoms with Crippen LogP contribution in [0.1, 0.15) is 0 Å². The van der Waals surface area contributed by atoms with Crippen molar-refractivity contribution < 1.29 is 0 Å². The fourth-order valence-corrected chi connectivity index (χ4v) is 10.1. The van der Waals surface area contributed by atoms with Crippen LogP contribution < -0.4 is 0 Å². The highest BCUT2D eigenvalue weighted by Crippen LogP contribution is 2.45. The maximum atomic E-state index is 5.59. The van der Waals surface area contributed by atoms with E-state index >= 15 is 0 Å². The number of aromatic nitrogens is 3. The van der Waals surface area contributed by atoms with Crippen LogP contribution in [-0.4, -0.2) is 14.5 Å². The highest BCUT2D eigenvalue weighted by Gasteiger charge is 2.22. The maximum Gasteiger partial charge on any atom is 0.235 e. The lowest BCUT2D eigenvalue weighted by atomic mass is 9.91. The summed E-state index contributed by atoms with van der Waals surface area (Å²) in [5, 5.41) is 8.30. The largest absolute Gasteiger partial charge is 0.278 e. The van der Waals surface area contributed by atoms with Gasteiger partial charge >= 0.3 is 0 Å². The van der Waals surface area contributed by atoms with Crippen molar-refractivity contribution in [2.24, 2.45) is 0 Å². The standard InChI is InChI=1S/C54H33N3S/c1-4-15-34(16-5-1)39-27-28-40-46-29-37-21-10-11-22-38(37)30-50(46)57(49(40)31-39)54-55-48-33-45(43-25-14-24-42-41-23-12-13-26-51(41)58-53(42)43)44(35-17-6-2-7-18-35)32-47(48)52(56-54)36-19-8-3-9-20-36/h1-33H. The first kappa shape index (κ1) is 32.8. The Morgan fingerprint density at radius 2 is 1.02 bits per heavy atom. The Hall–Kier alpha value is -7.40. The summed E-state index contributed by atoms with van der Waals surface area (Å²) < 4.78 is 4.85. The van der Waals surface area contributed by atoms with E-state index in [0.29, 0.717) is 5.95 Å². The molecule has 0 N–H and O–H groups in total. The van der Waals surface area contributed by atoms with Gasteiger partial charge in [0.05, 0.1) is 22.2 Å². The van der Waals surface area contributed by atoms with Crippen molar-refractivity contribution in [3.8, 4) is 50.6 Å². The molecule has 0 aliphatic rings. The van der Waals surface area contributed by atoms with E-state index in [-0.39, 0.29) is 0 Å². The number of benzene rings is 9. The lowest BCUT2D eigenvalue weighted by Gasteiger charge is -2.17. The van der Waals surface area contributed by atoms with Gasteiger partial charge in [-0.15, -0.1) is 11.3 Å². The number of hydrogen-bond donors (Lipinski definition) is 0. The zero-order valence-corrected chi connectivity index (χ0v) is 32.1. The molecule has 0 spiro atoms. The van der Waals surface area contributed by atoms with Crippen LogP contribution in [0.5, 0.6) is 0 Å². The van der Waals surface area contributed by atoms with Gasteiger partial charge in [-0.3, -0.25) is 4.57 Å². The molecule has 9 aromatic carbocycles. The fraction of sp³-hybridized carbons (Fsp3) is 0. The van der Waals surface area contributed by atoms with Crippen LogP contribution in [0.4, 0.5) is 0 Å². The van der Waals surface area contributed by atoms with Crippen LogP contribution >= 0.6 is 11.3 Å². The minimum Gasteiger partial charge on any atom is -0.278 e. The van der Waals surface area contributed by atoms with Gasteiger partial charge in [0.15, 0.2) is 0 Å². The second-order valence-electron chi connectivity index (χ2n) is 14.9. The lowest BCUT2D eigenvalue weighted by Crippen LogP contribution is -2.04. The van der Waals surface area contributed by atoms with Crippen molar-refractivity contribution >= 4 is 75.0 Å². The average Bonchev–Trinajstić information content (AvgIpc) is 3.83. The van der Waals surface area contributed by atoms with Gasteiger partial charge in [0.1, 0.15) is 0 Å². The first-order valence-corrected chi connectivity index (χ1v) is 20.5. The number of rotatable bonds is 5. The van der Waals surface area contributed by atoms with Gasteiger partial charge < -0.3 is 0 Å². The summed E-state index contributed by atoms with van der Waals surface area (Å²) >= 11 is 1.86. The third kappa shape index (κ3) is 5.19. The van der Waals surface area contributed by atoms with Crippen molar-refractivity contribution in [3.05, 3.63) is 200 Å². The van der Waals surface area contributed by atoms with Crippen LogP contribution in [0.3, 0.4) is 0 Å². The van der Waals surface area contributed by atoms with Crippen LogP contribution in [0.2, 0.25) is 0 Å². The number of fused-ring (bicyclic) bond motifs is 8. The highest BCUT2D eigenvalue weighted by atomic mass is 32.1. The molecule has 0 aliphatic heterocycles. The van der Waals surface area contributed by atoms with E-state index in [4.69, 9.17) is 9.97 Å². The number of thiophene rings is 1. The topological polar surface area (TPSA) is 30.7 Å². The SMILES string of the molecule is c1ccc(-c2ccc3c4cc5ccccc5cc4n(-c4nc(-c5ccccc5)c5cc(-c6ccccc6)c(-c6cccc7c6sc6ccccc67)cc5n4)c3c2)cc1. The Morgan fingerprint density at radius 1 is 0.362 bits per heavy atom. The fourth-order valence-electron chi connectivity index (χ4n) is 8.85. The molecule has 0 amide bonds. The molecule has 12 rings (SSSR count). The predicted molar refractivity (Wildman–Crippen MR) is 246 cm³/mol. The van der Waals surface area contributed by atoms with Crippen LogP contribution in [0.15, 0.2) is 200 Å². The van der Waals surface area contributed by atoms with Gasteiger partial charge in [-0.1, -0.05) is 164 Å². The molecule has 3 nitrogen and oxygen atoms in total. The Morgan fingerprint density at radius 3 is 1.81 bits per heavy atom. The third-order valence-corrected chi connectivity index (χ3v) is 12.8. The summed E-state index contributed by atoms with van der Waals surface area (Å²) in [4.78, 5) is 11.2. The third-order valence-electron chi connectivity index (χ3n) is 11.6. The summed E-state index contributed by atoms with van der Waals surface area (Å²) in [7, 11) is 0. The first-order valence-electron chi connectivity index (χ1n) is 19.7. The summed E-state index contributed by atoms with van der Waals surface area (Å²) in [5.74, 6) is 0.644. The molecular formula is C54H33N3S. The molecule has 4 heteroatoms. The zero-order chi connectivity index (χ0) is 38.2. The van der Waals surface area contributed by atoms with Crippen molar-refractivity contribution in [1.82, 2.24) is 14.5 Å². The van der Waals surface area contributed by atoms with Gasteiger partial charge in [0, 0.05) is 47.5 Å². The molecule has 0 fully saturated rings. The molecule has 0 aliphatic carbocycles. The van der Waals surface area contributed by atoms with Gasteiger partial charge in [-0.25, -0.2) is 9.97 Å². The molecule has 270 valence electrons. The van der Waals surface area contributed by atoms with E-state index in [9.17, 15) is 0 Å². The Bertz CT molecular complexity index is 3550. The number of hydrogen-bond acceptors (Lipinski definition) is 3. The van der Waals surface area contributed by atoms with Crippen LogP contribution in [0, 0.1) is 0 Å². The lowest BCUT2D eigenvalue weighted by molar-refractivity contribution is 1.01. The monoisotopic (exact) mass is 755 g/mol. The molecule has 0 saturated carbocycles. The molecule has 3 heterocycles. The Labute approximate surface area is 338 Å². The quantitative estimate of drug-likeness (QED) is 0.175. The zero-order valence-electron chi connectivity index (χ0n) is 31.3. The van der Waals surface area contributed by atoms with E-state index in [2.05, 4.69) is 205 Å². The van der Waals surface area contributed by atoms with Crippen molar-refractivity contribution in [3.63, 3.8) is 0 Å². The minimum absolute atomic E-state index is 0.644. The predicted octanol–water partition coefficient (Wildman–Crippen LogP) is 14.9. The molecule has 58 heavy (non-hydrogen) atoms. The van der Waals surface area contributed by atoms with Gasteiger partial charge in [-0.2, -0.15) is 0 Å². The molecule has 0 unspecified atom stereocenters. The normalized spacial score (nSPS) is 11.8. The van der Waals surface area contributed by atoms with Crippen LogP contribution in [0.25, 0.3) is 114 Å². The van der Waals surface area contributed by atoms with Gasteiger partial charge in [0.25, 0.3) is 0 Å². The highest BCUT2D eigenvalue weighted by molar-refractivity contribution is 7.26. The van der Waals surface area contributed by atoms with E-state index in [1.807, 2.05) is 11.3 Å². The van der Waals surface area contributed by atoms with Crippen molar-refractivity contribution in [1.29, 1.82) is 0 Å². The summed E-state index contributed by atoms with van der Waals surface area (Å²) in [6.07, 6.45) is 0. The molecular weight excluding hydrogens is 723 g/mol. The molecule has 0 saturated heterocycles. The van der Waals surface area contributed by atoms with Crippen molar-refractivity contribution in [2.45, 2.75) is 0 Å². The van der Waals surface area contributed by atoms with Gasteiger partial charge in [-0.05, 0) is 75.0 Å². The second-order valence-corrected chi connectivity index (χ2v) is 16.0. The van der Waals surface area contributed by atoms with E-state index < -0.39 is 0 Å². The molecule has 0 bridgehead atoms. The Balaban J connectivity index is 1.21. The van der Waals surface area contributed by atoms with Gasteiger partial charge in [0.2, 0.25) is 5.95 Å². The molecule has 3 aromatic heterocycles. The summed E-state index contributed by atoms with van der Waals surface area (Å²) in [5.41, 5.74) is 12.0. The summed E-state index contributed by atoms with van der Waals surface area (Å²) in [6, 6.07) is 72.0. The van der Waals surface area contributed by atoms with Crippen LogP contribution in [-0.2, 0) is 0 Å². The number of nitrogens with zero attached hydrogens (tertiary/aromatic N) is 3. The minimum atomic E-state index is 0.644. The average molecular weight is 756 g/mol. The molecule has 0 atom stereocenters. The molecule has 0 radical (unpaired) electrons. The maximum absolute atomic E-state index is 5.59. The first-order chi connectivity index (χ1) is 28.7. The van der Waals surface area contributed by atoms with E-state index in [1.54, 1.807) is 0 Å². The smallest absolute Gasteiger partial charge is 0.235 e. The summed E-state index contributed by atoms with van der Waals surface area (Å²) in [6.45, 7) is 0. The van der Waals surface area contributed by atoms with E-state index in [0.717, 1.165) is 55.4 Å².